The molecule has 0 atom stereocenters. The summed E-state index contributed by atoms with van der Waals surface area (Å²) < 4.78 is 66.3. The molecule has 10 heavy (non-hydrogen) atoms. The highest BCUT2D eigenvalue weighted by atomic mass is 31.3. The second-order valence-electron chi connectivity index (χ2n) is 0.914. The van der Waals surface area contributed by atoms with Crippen LogP contribution in [0.3, 0.4) is 0 Å². The molecule has 0 fully saturated rings. The summed E-state index contributed by atoms with van der Waals surface area (Å²) in [5.41, 5.74) is 0. The highest BCUT2D eigenvalue weighted by Gasteiger charge is 2.38. The van der Waals surface area contributed by atoms with Gasteiger partial charge in [0.2, 0.25) is 0 Å². The SMILES string of the molecule is FP(F)N(P(F)F)P(F)F. The Balaban J connectivity index is 3.98. The van der Waals surface area contributed by atoms with Crippen LogP contribution in [-0.4, -0.2) is 4.21 Å². The zero-order valence-corrected chi connectivity index (χ0v) is 6.74. The van der Waals surface area contributed by atoms with Crippen LogP contribution in [0.25, 0.3) is 0 Å². The van der Waals surface area contributed by atoms with E-state index >= 15 is 0 Å². The monoisotopic (exact) mass is 221 g/mol. The maximum atomic E-state index is 11.3. The minimum atomic E-state index is -4.35. The van der Waals surface area contributed by atoms with Crippen molar-refractivity contribution in [3.8, 4) is 0 Å². The molecule has 0 amide bonds. The first-order valence-electron chi connectivity index (χ1n) is 1.61. The molecule has 1 nitrogen and oxygen atoms in total. The van der Waals surface area contributed by atoms with Crippen molar-refractivity contribution in [2.75, 3.05) is 0 Å². The van der Waals surface area contributed by atoms with Crippen molar-refractivity contribution < 1.29 is 25.2 Å². The van der Waals surface area contributed by atoms with Gasteiger partial charge in [-0.15, -0.1) is 0 Å². The third-order valence-corrected chi connectivity index (χ3v) is 3.65. The highest BCUT2D eigenvalue weighted by Crippen LogP contribution is 2.72. The van der Waals surface area contributed by atoms with Crippen LogP contribution in [0.1, 0.15) is 0 Å². The molecule has 0 radical (unpaired) electrons. The van der Waals surface area contributed by atoms with Gasteiger partial charge in [0, 0.05) is 0 Å². The van der Waals surface area contributed by atoms with E-state index in [4.69, 9.17) is 0 Å². The molecule has 0 spiro atoms. The Kier molecular flexibility index (Phi) is 5.04. The van der Waals surface area contributed by atoms with Gasteiger partial charge >= 0.3 is 26.1 Å². The molecule has 0 aromatic rings. The average Bonchev–Trinajstić information content (AvgIpc) is 1.59. The van der Waals surface area contributed by atoms with Crippen molar-refractivity contribution in [2.24, 2.45) is 0 Å². The van der Waals surface area contributed by atoms with E-state index < -0.39 is 30.3 Å². The van der Waals surface area contributed by atoms with Gasteiger partial charge in [-0.3, -0.25) is 0 Å². The van der Waals surface area contributed by atoms with Crippen LogP contribution in [0.5, 0.6) is 0 Å². The van der Waals surface area contributed by atoms with Crippen LogP contribution in [0, 0.1) is 0 Å². The predicted octanol–water partition coefficient (Wildman–Crippen LogP) is 4.79. The molecule has 0 aliphatic rings. The lowest BCUT2D eigenvalue weighted by Gasteiger charge is -2.12. The lowest BCUT2D eigenvalue weighted by Crippen LogP contribution is -1.90. The fourth-order valence-electron chi connectivity index (χ4n) is 0.153. The third kappa shape index (κ3) is 3.29. The zero-order chi connectivity index (χ0) is 8.31. The molecule has 0 N–H and O–H groups in total. The second-order valence-corrected chi connectivity index (χ2v) is 4.35. The van der Waals surface area contributed by atoms with Crippen LogP contribution in [0.15, 0.2) is 0 Å². The molecule has 0 aromatic heterocycles. The lowest BCUT2D eigenvalue weighted by atomic mass is 13.8. The van der Waals surface area contributed by atoms with Crippen molar-refractivity contribution >= 4 is 26.1 Å². The molecule has 0 saturated carbocycles. The Morgan fingerprint density at radius 1 is 0.600 bits per heavy atom. The Labute approximate surface area is 56.5 Å². The summed E-state index contributed by atoms with van der Waals surface area (Å²) in [7, 11) is -13.1. The summed E-state index contributed by atoms with van der Waals surface area (Å²) in [5.74, 6) is 0. The third-order valence-electron chi connectivity index (χ3n) is 0.406. The number of hydrogen-bond acceptors (Lipinski definition) is 1. The molecule has 0 unspecified atom stereocenters. The number of nitrogens with zero attached hydrogens (tertiary/aromatic N) is 1. The van der Waals surface area contributed by atoms with Crippen LogP contribution >= 0.6 is 26.1 Å². The summed E-state index contributed by atoms with van der Waals surface area (Å²) in [6.07, 6.45) is 0. The highest BCUT2D eigenvalue weighted by molar-refractivity contribution is 7.73. The van der Waals surface area contributed by atoms with Crippen molar-refractivity contribution in [1.82, 2.24) is 4.21 Å². The number of rotatable bonds is 3. The van der Waals surface area contributed by atoms with Gasteiger partial charge < -0.3 is 0 Å². The van der Waals surface area contributed by atoms with Gasteiger partial charge in [0.15, 0.2) is 0 Å². The molecule has 0 saturated heterocycles. The smallest absolute Gasteiger partial charge is 0.168 e. The topological polar surface area (TPSA) is 3.24 Å². The largest absolute Gasteiger partial charge is 0.361 e. The summed E-state index contributed by atoms with van der Waals surface area (Å²) >= 11 is 0. The fourth-order valence-corrected chi connectivity index (χ4v) is 1.38. The first kappa shape index (κ1) is 10.8. The molecule has 0 bridgehead atoms. The molecule has 10 heteroatoms. The molecule has 62 valence electrons. The quantitative estimate of drug-likeness (QED) is 0.489. The van der Waals surface area contributed by atoms with E-state index in [0.717, 1.165) is 0 Å². The van der Waals surface area contributed by atoms with Crippen molar-refractivity contribution in [1.29, 1.82) is 0 Å². The van der Waals surface area contributed by atoms with Crippen molar-refractivity contribution in [3.63, 3.8) is 0 Å². The first-order valence-corrected chi connectivity index (χ1v) is 4.84. The molecular weight excluding hydrogens is 221 g/mol. The van der Waals surface area contributed by atoms with Gasteiger partial charge in [-0.25, -0.2) is 0 Å². The van der Waals surface area contributed by atoms with Crippen LogP contribution in [-0.2, 0) is 0 Å². The van der Waals surface area contributed by atoms with Crippen LogP contribution in [0.2, 0.25) is 0 Å². The van der Waals surface area contributed by atoms with Gasteiger partial charge in [0.05, 0.1) is 0 Å². The van der Waals surface area contributed by atoms with E-state index in [1.165, 1.54) is 0 Å². The Bertz CT molecular complexity index is 74.0. The second kappa shape index (κ2) is 4.66. The molecule has 0 aromatic carbocycles. The van der Waals surface area contributed by atoms with E-state index in [1.807, 2.05) is 0 Å². The molecule has 0 rings (SSSR count). The van der Waals surface area contributed by atoms with E-state index in [-0.39, 0.29) is 0 Å². The minimum absolute atomic E-state index is 1.31. The summed E-state index contributed by atoms with van der Waals surface area (Å²) in [5, 5.41) is 0. The maximum absolute atomic E-state index is 11.3. The minimum Gasteiger partial charge on any atom is -0.168 e. The van der Waals surface area contributed by atoms with E-state index in [0.29, 0.717) is 0 Å². The zero-order valence-electron chi connectivity index (χ0n) is 4.06. The Morgan fingerprint density at radius 2 is 0.800 bits per heavy atom. The Hall–Kier alpha value is 0.830. The molecule has 0 heterocycles. The van der Waals surface area contributed by atoms with Gasteiger partial charge in [0.1, 0.15) is 0 Å². The standard InChI is InChI=1S/F6NP3/c1-8(2)7(9(3)4)10(5)6. The van der Waals surface area contributed by atoms with Crippen molar-refractivity contribution in [3.05, 3.63) is 0 Å². The van der Waals surface area contributed by atoms with Gasteiger partial charge in [-0.2, -0.15) is 25.2 Å². The summed E-state index contributed by atoms with van der Waals surface area (Å²) in [4.78, 5) is 0. The number of halogens is 6. The average molecular weight is 221 g/mol. The van der Waals surface area contributed by atoms with Crippen LogP contribution < -0.4 is 0 Å². The molecule has 0 aliphatic carbocycles. The van der Waals surface area contributed by atoms with E-state index in [2.05, 4.69) is 0 Å². The van der Waals surface area contributed by atoms with Gasteiger partial charge in [-0.05, 0) is 0 Å². The van der Waals surface area contributed by atoms with E-state index in [9.17, 15) is 25.2 Å². The van der Waals surface area contributed by atoms with E-state index in [1.54, 1.807) is 0 Å². The van der Waals surface area contributed by atoms with Gasteiger partial charge in [0.25, 0.3) is 0 Å². The van der Waals surface area contributed by atoms with Crippen LogP contribution in [0.4, 0.5) is 25.2 Å². The van der Waals surface area contributed by atoms with Gasteiger partial charge in [-0.1, -0.05) is 4.21 Å². The fraction of sp³-hybridized carbons (Fsp3) is 0. The Morgan fingerprint density at radius 3 is 0.800 bits per heavy atom. The lowest BCUT2D eigenvalue weighted by molar-refractivity contribution is 0.601. The summed E-state index contributed by atoms with van der Waals surface area (Å²) in [6.45, 7) is 0. The molecular formula is F6NP3. The first-order chi connectivity index (χ1) is 4.46. The molecule has 0 aliphatic heterocycles. The predicted molar refractivity (Wildman–Crippen MR) is 29.2 cm³/mol. The summed E-state index contributed by atoms with van der Waals surface area (Å²) in [6, 6.07) is 0. The van der Waals surface area contributed by atoms with Crippen molar-refractivity contribution in [2.45, 2.75) is 0 Å². The normalized spacial score (nSPS) is 12.6. The number of hydrogen-bond donors (Lipinski definition) is 0. The maximum Gasteiger partial charge on any atom is 0.361 e.